The van der Waals surface area contributed by atoms with Crippen molar-refractivity contribution in [2.75, 3.05) is 15.5 Å². The molecule has 0 saturated carbocycles. The Morgan fingerprint density at radius 2 is 1.55 bits per heavy atom. The molecule has 0 spiro atoms. The quantitative estimate of drug-likeness (QED) is 0.645. The molecule has 4 amide bonds. The number of rotatable bonds is 3. The fourth-order valence-corrected chi connectivity index (χ4v) is 4.02. The van der Waals surface area contributed by atoms with Crippen molar-refractivity contribution in [3.63, 3.8) is 0 Å². The van der Waals surface area contributed by atoms with Gasteiger partial charge < -0.3 is 10.6 Å². The molecular formula is C24H17N3O4. The second-order valence-corrected chi connectivity index (χ2v) is 7.42. The SMILES string of the molecule is O=C1CC(C(=O)Nc2cccc(N3C(=O)c4ccccc4C3=O)c2)c2ccccc2N1. The first-order valence-electron chi connectivity index (χ1n) is 9.80. The van der Waals surface area contributed by atoms with Gasteiger partial charge in [0.05, 0.1) is 22.7 Å². The summed E-state index contributed by atoms with van der Waals surface area (Å²) in [5.41, 5.74) is 2.88. The maximum Gasteiger partial charge on any atom is 0.266 e. The van der Waals surface area contributed by atoms with Crippen molar-refractivity contribution in [3.8, 4) is 0 Å². The van der Waals surface area contributed by atoms with Gasteiger partial charge in [-0.2, -0.15) is 0 Å². The van der Waals surface area contributed by atoms with E-state index in [2.05, 4.69) is 10.6 Å². The van der Waals surface area contributed by atoms with Crippen LogP contribution in [0.3, 0.4) is 0 Å². The van der Waals surface area contributed by atoms with Crippen molar-refractivity contribution in [3.05, 3.63) is 89.5 Å². The Morgan fingerprint density at radius 1 is 0.871 bits per heavy atom. The second kappa shape index (κ2) is 7.21. The van der Waals surface area contributed by atoms with Gasteiger partial charge in [0, 0.05) is 17.8 Å². The number of fused-ring (bicyclic) bond motifs is 2. The zero-order valence-corrected chi connectivity index (χ0v) is 16.3. The van der Waals surface area contributed by atoms with Gasteiger partial charge in [-0.1, -0.05) is 36.4 Å². The summed E-state index contributed by atoms with van der Waals surface area (Å²) in [6.07, 6.45) is 0.0426. The second-order valence-electron chi connectivity index (χ2n) is 7.42. The summed E-state index contributed by atoms with van der Waals surface area (Å²) in [7, 11) is 0. The number of hydrogen-bond donors (Lipinski definition) is 2. The van der Waals surface area contributed by atoms with Crippen molar-refractivity contribution in [2.24, 2.45) is 0 Å². The lowest BCUT2D eigenvalue weighted by Gasteiger charge is -2.25. The van der Waals surface area contributed by atoms with E-state index in [9.17, 15) is 19.2 Å². The summed E-state index contributed by atoms with van der Waals surface area (Å²) >= 11 is 0. The smallest absolute Gasteiger partial charge is 0.266 e. The minimum atomic E-state index is -0.632. The minimum Gasteiger partial charge on any atom is -0.326 e. The number of benzene rings is 3. The lowest BCUT2D eigenvalue weighted by atomic mass is 9.90. The standard InChI is InChI=1S/C24H17N3O4/c28-21-13-19(16-8-3-4-11-20(16)26-21)22(29)25-14-6-5-7-15(12-14)27-23(30)17-9-1-2-10-18(17)24(27)31/h1-12,19H,13H2,(H,25,29)(H,26,28). The Hall–Kier alpha value is -4.26. The van der Waals surface area contributed by atoms with E-state index < -0.39 is 17.7 Å². The highest BCUT2D eigenvalue weighted by Crippen LogP contribution is 2.34. The van der Waals surface area contributed by atoms with Crippen molar-refractivity contribution < 1.29 is 19.2 Å². The molecule has 7 heteroatoms. The Kier molecular flexibility index (Phi) is 4.36. The normalized spacial score (nSPS) is 17.1. The third-order valence-electron chi connectivity index (χ3n) is 5.48. The Labute approximate surface area is 177 Å². The summed E-state index contributed by atoms with van der Waals surface area (Å²) < 4.78 is 0. The molecule has 2 aliphatic heterocycles. The summed E-state index contributed by atoms with van der Waals surface area (Å²) in [5.74, 6) is -1.99. The molecule has 0 radical (unpaired) electrons. The van der Waals surface area contributed by atoms with Crippen LogP contribution in [0.15, 0.2) is 72.8 Å². The molecule has 1 atom stereocenters. The number of amides is 4. The Balaban J connectivity index is 1.41. The van der Waals surface area contributed by atoms with Gasteiger partial charge in [0.1, 0.15) is 0 Å². The number of anilines is 3. The average molecular weight is 411 g/mol. The van der Waals surface area contributed by atoms with Crippen molar-refractivity contribution in [1.82, 2.24) is 0 Å². The van der Waals surface area contributed by atoms with Crippen LogP contribution in [-0.4, -0.2) is 23.6 Å². The molecule has 5 rings (SSSR count). The maximum atomic E-state index is 13.0. The van der Waals surface area contributed by atoms with Gasteiger partial charge in [0.2, 0.25) is 11.8 Å². The van der Waals surface area contributed by atoms with E-state index in [0.717, 1.165) is 10.5 Å². The third kappa shape index (κ3) is 3.16. The lowest BCUT2D eigenvalue weighted by molar-refractivity contribution is -0.123. The molecule has 0 bridgehead atoms. The molecule has 1 unspecified atom stereocenters. The third-order valence-corrected chi connectivity index (χ3v) is 5.48. The number of carbonyl (C=O) groups excluding carboxylic acids is 4. The van der Waals surface area contributed by atoms with Crippen LogP contribution in [0.5, 0.6) is 0 Å². The number of imide groups is 1. The van der Waals surface area contributed by atoms with Gasteiger partial charge in [-0.15, -0.1) is 0 Å². The van der Waals surface area contributed by atoms with Crippen molar-refractivity contribution >= 4 is 40.7 Å². The van der Waals surface area contributed by atoms with Crippen LogP contribution in [0.4, 0.5) is 17.1 Å². The van der Waals surface area contributed by atoms with Crippen molar-refractivity contribution in [2.45, 2.75) is 12.3 Å². The largest absolute Gasteiger partial charge is 0.326 e. The van der Waals surface area contributed by atoms with Gasteiger partial charge in [0.15, 0.2) is 0 Å². The van der Waals surface area contributed by atoms with Gasteiger partial charge in [0.25, 0.3) is 11.8 Å². The molecule has 31 heavy (non-hydrogen) atoms. The Morgan fingerprint density at radius 3 is 2.29 bits per heavy atom. The predicted molar refractivity (Wildman–Crippen MR) is 115 cm³/mol. The van der Waals surface area contributed by atoms with E-state index in [1.165, 1.54) is 0 Å². The summed E-state index contributed by atoms with van der Waals surface area (Å²) in [6.45, 7) is 0. The van der Waals surface area contributed by atoms with E-state index in [4.69, 9.17) is 0 Å². The molecule has 152 valence electrons. The fraction of sp³-hybridized carbons (Fsp3) is 0.0833. The Bertz CT molecular complexity index is 1230. The van der Waals surface area contributed by atoms with E-state index in [0.29, 0.717) is 28.2 Å². The molecule has 3 aromatic rings. The molecule has 2 aliphatic rings. The number of para-hydroxylation sites is 1. The predicted octanol–water partition coefficient (Wildman–Crippen LogP) is 3.55. The molecule has 7 nitrogen and oxygen atoms in total. The number of hydrogen-bond acceptors (Lipinski definition) is 4. The first kappa shape index (κ1) is 18.7. The van der Waals surface area contributed by atoms with Crippen LogP contribution in [-0.2, 0) is 9.59 Å². The average Bonchev–Trinajstić information content (AvgIpc) is 3.03. The highest BCUT2D eigenvalue weighted by molar-refractivity contribution is 6.34. The molecule has 0 aromatic heterocycles. The van der Waals surface area contributed by atoms with Gasteiger partial charge in [-0.3, -0.25) is 19.2 Å². The zero-order valence-electron chi connectivity index (χ0n) is 16.3. The van der Waals surface area contributed by atoms with E-state index in [-0.39, 0.29) is 18.2 Å². The molecule has 2 heterocycles. The molecular weight excluding hydrogens is 394 g/mol. The fourth-order valence-electron chi connectivity index (χ4n) is 4.02. The molecule has 0 aliphatic carbocycles. The first-order chi connectivity index (χ1) is 15.0. The zero-order chi connectivity index (χ0) is 21.5. The van der Waals surface area contributed by atoms with Gasteiger partial charge in [-0.05, 0) is 42.0 Å². The summed E-state index contributed by atoms with van der Waals surface area (Å²) in [4.78, 5) is 51.6. The van der Waals surface area contributed by atoms with E-state index in [1.54, 1.807) is 60.7 Å². The monoisotopic (exact) mass is 411 g/mol. The molecule has 2 N–H and O–H groups in total. The highest BCUT2D eigenvalue weighted by Gasteiger charge is 2.36. The molecule has 0 saturated heterocycles. The van der Waals surface area contributed by atoms with Crippen LogP contribution in [0.1, 0.15) is 38.6 Å². The van der Waals surface area contributed by atoms with Crippen LogP contribution < -0.4 is 15.5 Å². The molecule has 3 aromatic carbocycles. The van der Waals surface area contributed by atoms with Crippen LogP contribution in [0.25, 0.3) is 0 Å². The molecule has 0 fully saturated rings. The first-order valence-corrected chi connectivity index (χ1v) is 9.80. The minimum absolute atomic E-state index is 0.0426. The summed E-state index contributed by atoms with van der Waals surface area (Å²) in [5, 5.41) is 5.59. The number of nitrogens with zero attached hydrogens (tertiary/aromatic N) is 1. The van der Waals surface area contributed by atoms with Crippen LogP contribution in [0.2, 0.25) is 0 Å². The topological polar surface area (TPSA) is 95.6 Å². The van der Waals surface area contributed by atoms with Crippen LogP contribution in [0, 0.1) is 0 Å². The van der Waals surface area contributed by atoms with E-state index in [1.807, 2.05) is 12.1 Å². The lowest BCUT2D eigenvalue weighted by Crippen LogP contribution is -2.31. The van der Waals surface area contributed by atoms with Crippen LogP contribution >= 0.6 is 0 Å². The number of carbonyl (C=O) groups is 4. The number of nitrogens with one attached hydrogen (secondary N) is 2. The van der Waals surface area contributed by atoms with Gasteiger partial charge in [-0.25, -0.2) is 4.90 Å². The maximum absolute atomic E-state index is 13.0. The van der Waals surface area contributed by atoms with E-state index >= 15 is 0 Å². The van der Waals surface area contributed by atoms with Gasteiger partial charge >= 0.3 is 0 Å². The van der Waals surface area contributed by atoms with Crippen molar-refractivity contribution in [1.29, 1.82) is 0 Å². The summed E-state index contributed by atoms with van der Waals surface area (Å²) in [6, 6.07) is 20.4. The highest BCUT2D eigenvalue weighted by atomic mass is 16.2.